The number of aliphatic hydroxyl groups is 1. The van der Waals surface area contributed by atoms with Crippen LogP contribution in [0.4, 0.5) is 0 Å². The first kappa shape index (κ1) is 19.8. The van der Waals surface area contributed by atoms with Gasteiger partial charge in [-0.1, -0.05) is 48.0 Å². The molecule has 0 spiro atoms. The highest BCUT2D eigenvalue weighted by Crippen LogP contribution is 2.14. The van der Waals surface area contributed by atoms with E-state index < -0.39 is 0 Å². The van der Waals surface area contributed by atoms with Crippen molar-refractivity contribution in [3.63, 3.8) is 0 Å². The van der Waals surface area contributed by atoms with Crippen LogP contribution in [0.15, 0.2) is 59.6 Å². The van der Waals surface area contributed by atoms with E-state index in [-0.39, 0.29) is 18.6 Å². The summed E-state index contributed by atoms with van der Waals surface area (Å²) in [5.41, 5.74) is 2.32. The van der Waals surface area contributed by atoms with Gasteiger partial charge in [0.1, 0.15) is 11.9 Å². The minimum atomic E-state index is -0.000909. The normalized spacial score (nSPS) is 13.8. The number of aliphatic imine (C=N–C) groups is 1. The SMILES string of the molecule is CN=C(NCC(C)Oc1ccc(C)cc1)NCC(CO)c1ccccc1. The summed E-state index contributed by atoms with van der Waals surface area (Å²) in [6.45, 7) is 5.39. The van der Waals surface area contributed by atoms with Crippen molar-refractivity contribution in [1.29, 1.82) is 0 Å². The molecule has 0 saturated heterocycles. The third-order valence-corrected chi connectivity index (χ3v) is 4.15. The molecule has 0 aliphatic carbocycles. The second kappa shape index (κ2) is 10.5. The molecule has 0 radical (unpaired) electrons. The lowest BCUT2D eigenvalue weighted by Crippen LogP contribution is -2.43. The van der Waals surface area contributed by atoms with Gasteiger partial charge in [0.05, 0.1) is 13.2 Å². The zero-order chi connectivity index (χ0) is 18.8. The van der Waals surface area contributed by atoms with Crippen molar-refractivity contribution in [3.05, 3.63) is 65.7 Å². The molecule has 5 heteroatoms. The van der Waals surface area contributed by atoms with Crippen LogP contribution in [0.25, 0.3) is 0 Å². The monoisotopic (exact) mass is 355 g/mol. The van der Waals surface area contributed by atoms with Crippen molar-refractivity contribution in [2.75, 3.05) is 26.7 Å². The third kappa shape index (κ3) is 6.41. The number of guanidine groups is 1. The van der Waals surface area contributed by atoms with Crippen molar-refractivity contribution < 1.29 is 9.84 Å². The number of hydrogen-bond donors (Lipinski definition) is 3. The Morgan fingerprint density at radius 2 is 1.69 bits per heavy atom. The minimum absolute atomic E-state index is 0.000909. The van der Waals surface area contributed by atoms with E-state index in [1.165, 1.54) is 5.56 Å². The van der Waals surface area contributed by atoms with Crippen LogP contribution in [0.3, 0.4) is 0 Å². The Kier molecular flexibility index (Phi) is 7.96. The molecule has 3 N–H and O–H groups in total. The molecule has 0 heterocycles. The molecule has 0 aliphatic rings. The highest BCUT2D eigenvalue weighted by molar-refractivity contribution is 5.79. The smallest absolute Gasteiger partial charge is 0.191 e. The average molecular weight is 355 g/mol. The van der Waals surface area contributed by atoms with Gasteiger partial charge in [-0.3, -0.25) is 4.99 Å². The molecule has 0 amide bonds. The Labute approximate surface area is 156 Å². The first-order valence-corrected chi connectivity index (χ1v) is 8.96. The van der Waals surface area contributed by atoms with Crippen molar-refractivity contribution >= 4 is 5.96 Å². The van der Waals surface area contributed by atoms with Gasteiger partial charge in [-0.05, 0) is 31.5 Å². The van der Waals surface area contributed by atoms with E-state index in [1.807, 2.05) is 61.5 Å². The van der Waals surface area contributed by atoms with Crippen LogP contribution in [0.1, 0.15) is 24.0 Å². The van der Waals surface area contributed by atoms with E-state index in [2.05, 4.69) is 22.5 Å². The number of nitrogens with one attached hydrogen (secondary N) is 2. The van der Waals surface area contributed by atoms with Crippen LogP contribution in [0, 0.1) is 6.92 Å². The fraction of sp³-hybridized carbons (Fsp3) is 0.381. The first-order valence-electron chi connectivity index (χ1n) is 8.96. The van der Waals surface area contributed by atoms with Crippen LogP contribution >= 0.6 is 0 Å². The standard InChI is InChI=1S/C21H29N3O2/c1-16-9-11-20(12-10-16)26-17(2)13-23-21(22-3)24-14-19(15-25)18-7-5-4-6-8-18/h4-12,17,19,25H,13-15H2,1-3H3,(H2,22,23,24). The summed E-state index contributed by atoms with van der Waals surface area (Å²) >= 11 is 0. The van der Waals surface area contributed by atoms with E-state index in [4.69, 9.17) is 4.74 Å². The number of nitrogens with zero attached hydrogens (tertiary/aromatic N) is 1. The molecule has 26 heavy (non-hydrogen) atoms. The summed E-state index contributed by atoms with van der Waals surface area (Å²) in [4.78, 5) is 4.24. The van der Waals surface area contributed by atoms with E-state index >= 15 is 0 Å². The van der Waals surface area contributed by atoms with Crippen LogP contribution in [-0.4, -0.2) is 43.9 Å². The maximum absolute atomic E-state index is 9.65. The van der Waals surface area contributed by atoms with Crippen molar-refractivity contribution in [2.45, 2.75) is 25.9 Å². The number of rotatable bonds is 8. The van der Waals surface area contributed by atoms with E-state index in [1.54, 1.807) is 7.05 Å². The molecule has 2 unspecified atom stereocenters. The van der Waals surface area contributed by atoms with Crippen molar-refractivity contribution in [1.82, 2.24) is 10.6 Å². The summed E-state index contributed by atoms with van der Waals surface area (Å²) in [5, 5.41) is 16.2. The van der Waals surface area contributed by atoms with Crippen LogP contribution < -0.4 is 15.4 Å². The molecule has 0 saturated carbocycles. The van der Waals surface area contributed by atoms with Crippen LogP contribution in [0.2, 0.25) is 0 Å². The molecule has 2 atom stereocenters. The first-order chi connectivity index (χ1) is 12.6. The van der Waals surface area contributed by atoms with Gasteiger partial charge in [0.15, 0.2) is 5.96 Å². The Hall–Kier alpha value is -2.53. The highest BCUT2D eigenvalue weighted by Gasteiger charge is 2.11. The fourth-order valence-corrected chi connectivity index (χ4v) is 2.58. The average Bonchev–Trinajstić information content (AvgIpc) is 2.67. The van der Waals surface area contributed by atoms with Gasteiger partial charge in [-0.2, -0.15) is 0 Å². The Balaban J connectivity index is 1.78. The lowest BCUT2D eigenvalue weighted by atomic mass is 10.0. The summed E-state index contributed by atoms with van der Waals surface area (Å²) in [5.74, 6) is 1.58. The summed E-state index contributed by atoms with van der Waals surface area (Å²) in [6, 6.07) is 18.0. The summed E-state index contributed by atoms with van der Waals surface area (Å²) in [6.07, 6.45) is -0.000909. The van der Waals surface area contributed by atoms with Gasteiger partial charge in [-0.25, -0.2) is 0 Å². The number of benzene rings is 2. The van der Waals surface area contributed by atoms with Crippen LogP contribution in [0.5, 0.6) is 5.75 Å². The number of ether oxygens (including phenoxy) is 1. The second-order valence-corrected chi connectivity index (χ2v) is 6.37. The van der Waals surface area contributed by atoms with E-state index in [0.717, 1.165) is 11.3 Å². The molecule has 2 aromatic rings. The van der Waals surface area contributed by atoms with Crippen molar-refractivity contribution in [3.8, 4) is 5.75 Å². The topological polar surface area (TPSA) is 65.9 Å². The zero-order valence-electron chi connectivity index (χ0n) is 15.8. The molecule has 140 valence electrons. The van der Waals surface area contributed by atoms with Gasteiger partial charge in [0.25, 0.3) is 0 Å². The molecule has 0 fully saturated rings. The predicted molar refractivity (Wildman–Crippen MR) is 107 cm³/mol. The highest BCUT2D eigenvalue weighted by atomic mass is 16.5. The maximum Gasteiger partial charge on any atom is 0.191 e. The molecule has 0 bridgehead atoms. The van der Waals surface area contributed by atoms with Gasteiger partial charge in [-0.15, -0.1) is 0 Å². The van der Waals surface area contributed by atoms with Gasteiger partial charge in [0.2, 0.25) is 0 Å². The van der Waals surface area contributed by atoms with Crippen molar-refractivity contribution in [2.24, 2.45) is 4.99 Å². The molecule has 5 nitrogen and oxygen atoms in total. The Bertz CT molecular complexity index is 671. The third-order valence-electron chi connectivity index (χ3n) is 4.15. The molecular formula is C21H29N3O2. The molecule has 2 aromatic carbocycles. The maximum atomic E-state index is 9.65. The number of aryl methyl sites for hydroxylation is 1. The zero-order valence-corrected chi connectivity index (χ0v) is 15.8. The van der Waals surface area contributed by atoms with Gasteiger partial charge >= 0.3 is 0 Å². The Morgan fingerprint density at radius 1 is 1.04 bits per heavy atom. The Morgan fingerprint density at radius 3 is 2.31 bits per heavy atom. The van der Waals surface area contributed by atoms with E-state index in [9.17, 15) is 5.11 Å². The van der Waals surface area contributed by atoms with E-state index in [0.29, 0.717) is 19.0 Å². The number of hydrogen-bond acceptors (Lipinski definition) is 3. The lowest BCUT2D eigenvalue weighted by Gasteiger charge is -2.20. The molecular weight excluding hydrogens is 326 g/mol. The quantitative estimate of drug-likeness (QED) is 0.503. The summed E-state index contributed by atoms with van der Waals surface area (Å²) < 4.78 is 5.90. The molecule has 0 aliphatic heterocycles. The predicted octanol–water partition coefficient (Wildman–Crippen LogP) is 2.70. The van der Waals surface area contributed by atoms with Gasteiger partial charge in [0, 0.05) is 19.5 Å². The largest absolute Gasteiger partial charge is 0.489 e. The fourth-order valence-electron chi connectivity index (χ4n) is 2.58. The molecule has 0 aromatic heterocycles. The summed E-state index contributed by atoms with van der Waals surface area (Å²) in [7, 11) is 1.73. The molecule has 2 rings (SSSR count). The second-order valence-electron chi connectivity index (χ2n) is 6.37. The number of aliphatic hydroxyl groups excluding tert-OH is 1. The van der Waals surface area contributed by atoms with Gasteiger partial charge < -0.3 is 20.5 Å². The van der Waals surface area contributed by atoms with Crippen LogP contribution in [-0.2, 0) is 0 Å². The minimum Gasteiger partial charge on any atom is -0.489 e. The lowest BCUT2D eigenvalue weighted by molar-refractivity contribution is 0.223.